The van der Waals surface area contributed by atoms with Crippen LogP contribution in [0.25, 0.3) is 10.9 Å². The molecular weight excluding hydrogens is 432 g/mol. The predicted molar refractivity (Wildman–Crippen MR) is 105 cm³/mol. The van der Waals surface area contributed by atoms with E-state index in [2.05, 4.69) is 20.3 Å². The first-order chi connectivity index (χ1) is 14.3. The van der Waals surface area contributed by atoms with E-state index in [0.717, 1.165) is 12.1 Å². The summed E-state index contributed by atoms with van der Waals surface area (Å²) in [5.74, 6) is -0.0430. The van der Waals surface area contributed by atoms with Crippen molar-refractivity contribution in [1.82, 2.24) is 15.0 Å². The van der Waals surface area contributed by atoms with Gasteiger partial charge in [0.1, 0.15) is 0 Å². The summed E-state index contributed by atoms with van der Waals surface area (Å²) in [6.07, 6.45) is -1.36. The van der Waals surface area contributed by atoms with Gasteiger partial charge in [-0.05, 0) is 47.7 Å². The summed E-state index contributed by atoms with van der Waals surface area (Å²) in [7, 11) is 0. The van der Waals surface area contributed by atoms with Gasteiger partial charge in [-0.3, -0.25) is 4.98 Å². The van der Waals surface area contributed by atoms with Crippen molar-refractivity contribution >= 4 is 16.9 Å². The van der Waals surface area contributed by atoms with Gasteiger partial charge in [-0.25, -0.2) is 9.97 Å². The average molecular weight is 448 g/mol. The molecule has 2 aromatic carbocycles. The van der Waals surface area contributed by atoms with Gasteiger partial charge >= 0.3 is 57.6 Å². The van der Waals surface area contributed by atoms with E-state index in [9.17, 15) is 18.3 Å². The van der Waals surface area contributed by atoms with Crippen LogP contribution in [0, 0.1) is 6.92 Å². The summed E-state index contributed by atoms with van der Waals surface area (Å²) in [4.78, 5) is 12.6. The first kappa shape index (κ1) is 23.6. The minimum absolute atomic E-state index is 0. The number of hydrogen-bond acceptors (Lipinski definition) is 5. The number of nitrogens with zero attached hydrogens (tertiary/aromatic N) is 3. The van der Waals surface area contributed by atoms with Gasteiger partial charge in [-0.1, -0.05) is 36.1 Å². The van der Waals surface area contributed by atoms with Crippen LogP contribution in [-0.2, 0) is 6.18 Å². The second kappa shape index (κ2) is 9.62. The van der Waals surface area contributed by atoms with Crippen molar-refractivity contribution in [2.45, 2.75) is 19.1 Å². The molecule has 0 aliphatic carbocycles. The van der Waals surface area contributed by atoms with E-state index in [1.165, 1.54) is 18.3 Å². The van der Waals surface area contributed by atoms with Crippen molar-refractivity contribution in [3.05, 3.63) is 89.4 Å². The van der Waals surface area contributed by atoms with E-state index in [0.29, 0.717) is 27.7 Å². The zero-order valence-electron chi connectivity index (χ0n) is 16.8. The Balaban J connectivity index is 0.00000272. The third kappa shape index (κ3) is 5.24. The van der Waals surface area contributed by atoms with Gasteiger partial charge in [0.2, 0.25) is 5.95 Å². The fourth-order valence-corrected chi connectivity index (χ4v) is 3.21. The fraction of sp³-hybridized carbons (Fsp3) is 0.136. The average Bonchev–Trinajstić information content (AvgIpc) is 2.72. The molecule has 0 aliphatic heterocycles. The topological polar surface area (TPSA) is 73.8 Å². The van der Waals surface area contributed by atoms with Gasteiger partial charge < -0.3 is 10.4 Å². The van der Waals surface area contributed by atoms with Gasteiger partial charge in [0.15, 0.2) is 0 Å². The van der Waals surface area contributed by atoms with Crippen molar-refractivity contribution in [2.24, 2.45) is 0 Å². The van der Waals surface area contributed by atoms with Crippen LogP contribution in [0.1, 0.15) is 28.4 Å². The quantitative estimate of drug-likeness (QED) is 0.481. The molecule has 0 unspecified atom stereocenters. The minimum atomic E-state index is -4.45. The largest absolute Gasteiger partial charge is 1.00 e. The number of aryl methyl sites for hydroxylation is 1. The Labute approximate surface area is 219 Å². The van der Waals surface area contributed by atoms with E-state index >= 15 is 0 Å². The number of fused-ring (bicyclic) bond motifs is 1. The molecular formula is C22H16F3KN4O. The van der Waals surface area contributed by atoms with Crippen molar-refractivity contribution < 1.29 is 69.7 Å². The summed E-state index contributed by atoms with van der Waals surface area (Å²) < 4.78 is 38.9. The molecule has 152 valence electrons. The zero-order valence-corrected chi connectivity index (χ0v) is 19.9. The van der Waals surface area contributed by atoms with Gasteiger partial charge in [0.25, 0.3) is 0 Å². The summed E-state index contributed by atoms with van der Waals surface area (Å²) in [6, 6.07) is 12.6. The molecule has 0 spiro atoms. The Morgan fingerprint density at radius 1 is 0.935 bits per heavy atom. The molecule has 2 heterocycles. The second-order valence-electron chi connectivity index (χ2n) is 6.78. The molecule has 1 N–H and O–H groups in total. The molecule has 0 amide bonds. The SMILES string of the molecule is Cc1ccnc(N[C@H](c2ccc(C(F)(F)F)cc2)c2ccc3cccnc3c2[O-])n1.[K+]. The predicted octanol–water partition coefficient (Wildman–Crippen LogP) is 1.63. The standard InChI is InChI=1S/C22H17F3N4O.K/c1-13-10-12-27-21(28-13)29-18(15-4-7-16(8-5-15)22(23,24)25)17-9-6-14-3-2-11-26-19(14)20(17)30;/h2-12,18,30H,1H3,(H,27,28,29);/q;+1/p-1/t18-;/m1./s1. The molecule has 9 heteroatoms. The maximum atomic E-state index is 13.1. The first-order valence-corrected chi connectivity index (χ1v) is 9.11. The van der Waals surface area contributed by atoms with Gasteiger partial charge in [0.05, 0.1) is 17.1 Å². The monoisotopic (exact) mass is 448 g/mol. The number of aromatic nitrogens is 3. The number of rotatable bonds is 4. The number of benzene rings is 2. The van der Waals surface area contributed by atoms with Crippen LogP contribution in [-0.4, -0.2) is 15.0 Å². The van der Waals surface area contributed by atoms with Gasteiger partial charge in [0, 0.05) is 18.1 Å². The maximum Gasteiger partial charge on any atom is 1.00 e. The molecule has 0 saturated carbocycles. The molecule has 0 aliphatic rings. The summed E-state index contributed by atoms with van der Waals surface area (Å²) in [6.45, 7) is 1.79. The third-order valence-electron chi connectivity index (χ3n) is 4.71. The molecule has 4 aromatic rings. The Morgan fingerprint density at radius 3 is 2.35 bits per heavy atom. The molecule has 2 aromatic heterocycles. The zero-order chi connectivity index (χ0) is 21.3. The molecule has 0 fully saturated rings. The summed E-state index contributed by atoms with van der Waals surface area (Å²) >= 11 is 0. The van der Waals surface area contributed by atoms with Gasteiger partial charge in [-0.15, -0.1) is 0 Å². The van der Waals surface area contributed by atoms with Crippen LogP contribution in [0.5, 0.6) is 5.75 Å². The smallest absolute Gasteiger partial charge is 0.871 e. The van der Waals surface area contributed by atoms with Crippen LogP contribution >= 0.6 is 0 Å². The number of anilines is 1. The van der Waals surface area contributed by atoms with Crippen LogP contribution in [0.2, 0.25) is 0 Å². The van der Waals surface area contributed by atoms with E-state index in [-0.39, 0.29) is 63.1 Å². The number of pyridine rings is 1. The first-order valence-electron chi connectivity index (χ1n) is 9.11. The molecule has 31 heavy (non-hydrogen) atoms. The molecule has 0 bridgehead atoms. The van der Waals surface area contributed by atoms with E-state index < -0.39 is 17.8 Å². The van der Waals surface area contributed by atoms with E-state index in [1.807, 2.05) is 0 Å². The minimum Gasteiger partial charge on any atom is -0.871 e. The summed E-state index contributed by atoms with van der Waals surface area (Å²) in [5, 5.41) is 16.9. The summed E-state index contributed by atoms with van der Waals surface area (Å²) in [5.41, 5.74) is 1.05. The Hall–Kier alpha value is -2.04. The number of halogens is 3. The fourth-order valence-electron chi connectivity index (χ4n) is 3.21. The third-order valence-corrected chi connectivity index (χ3v) is 4.71. The van der Waals surface area contributed by atoms with Crippen LogP contribution in [0.3, 0.4) is 0 Å². The van der Waals surface area contributed by atoms with Gasteiger partial charge in [-0.2, -0.15) is 13.2 Å². The van der Waals surface area contributed by atoms with Crippen LogP contribution < -0.4 is 61.8 Å². The second-order valence-corrected chi connectivity index (χ2v) is 6.78. The van der Waals surface area contributed by atoms with E-state index in [4.69, 9.17) is 0 Å². The molecule has 4 rings (SSSR count). The van der Waals surface area contributed by atoms with Crippen molar-refractivity contribution in [3.8, 4) is 5.75 Å². The molecule has 0 saturated heterocycles. The molecule has 0 radical (unpaired) electrons. The Bertz CT molecular complexity index is 1200. The normalized spacial score (nSPS) is 12.3. The maximum absolute atomic E-state index is 13.1. The number of nitrogens with one attached hydrogen (secondary N) is 1. The van der Waals surface area contributed by atoms with E-state index in [1.54, 1.807) is 43.5 Å². The number of hydrogen-bond donors (Lipinski definition) is 1. The van der Waals surface area contributed by atoms with Crippen molar-refractivity contribution in [1.29, 1.82) is 0 Å². The molecule has 5 nitrogen and oxygen atoms in total. The van der Waals surface area contributed by atoms with Crippen LogP contribution in [0.4, 0.5) is 19.1 Å². The Morgan fingerprint density at radius 2 is 1.68 bits per heavy atom. The van der Waals surface area contributed by atoms with Crippen molar-refractivity contribution in [2.75, 3.05) is 5.32 Å². The van der Waals surface area contributed by atoms with Crippen LogP contribution in [0.15, 0.2) is 67.0 Å². The van der Waals surface area contributed by atoms with Crippen molar-refractivity contribution in [3.63, 3.8) is 0 Å². The number of alkyl halides is 3. The molecule has 1 atom stereocenters. The Kier molecular flexibility index (Phi) is 7.33.